The highest BCUT2D eigenvalue weighted by atomic mass is 32.2. The van der Waals surface area contributed by atoms with Crippen molar-refractivity contribution in [1.29, 1.82) is 0 Å². The predicted molar refractivity (Wildman–Crippen MR) is 82.7 cm³/mol. The van der Waals surface area contributed by atoms with Crippen LogP contribution in [0.25, 0.3) is 0 Å². The Labute approximate surface area is 133 Å². The molecule has 1 aromatic carbocycles. The third-order valence-electron chi connectivity index (χ3n) is 4.24. The van der Waals surface area contributed by atoms with Crippen molar-refractivity contribution in [3.05, 3.63) is 35.6 Å². The summed E-state index contributed by atoms with van der Waals surface area (Å²) >= 11 is 0. The number of anilines is 2. The summed E-state index contributed by atoms with van der Waals surface area (Å²) in [4.78, 5) is 14.0. The maximum atomic E-state index is 12.5. The van der Waals surface area contributed by atoms with Gasteiger partial charge in [0.05, 0.1) is 10.6 Å². The highest BCUT2D eigenvalue weighted by molar-refractivity contribution is 7.92. The van der Waals surface area contributed by atoms with E-state index in [1.165, 1.54) is 12.3 Å². The van der Waals surface area contributed by atoms with E-state index in [0.717, 1.165) is 29.7 Å². The van der Waals surface area contributed by atoms with Crippen molar-refractivity contribution in [2.24, 2.45) is 0 Å². The summed E-state index contributed by atoms with van der Waals surface area (Å²) < 4.78 is 32.1. The number of benzene rings is 1. The first-order valence-electron chi connectivity index (χ1n) is 7.44. The number of aryl methyl sites for hydroxylation is 2. The highest BCUT2D eigenvalue weighted by Crippen LogP contribution is 2.37. The van der Waals surface area contributed by atoms with E-state index in [9.17, 15) is 13.2 Å². The molecule has 0 atom stereocenters. The second-order valence-corrected chi connectivity index (χ2v) is 7.41. The van der Waals surface area contributed by atoms with Crippen molar-refractivity contribution in [3.8, 4) is 0 Å². The van der Waals surface area contributed by atoms with Gasteiger partial charge in [0.2, 0.25) is 5.91 Å². The van der Waals surface area contributed by atoms with Gasteiger partial charge >= 0.3 is 0 Å². The standard InChI is InChI=1S/C15H15N3O4S/c19-14-4-3-11-9-12(8-10-2-1-6-18(14)15(10)11)23(20,21)17-13-5-7-22-16-13/h5,7-9H,1-4,6H2,(H,16,17). The number of hydrogen-bond donors (Lipinski definition) is 1. The van der Waals surface area contributed by atoms with Gasteiger partial charge in [0, 0.05) is 19.0 Å². The lowest BCUT2D eigenvalue weighted by molar-refractivity contribution is -0.119. The Balaban J connectivity index is 1.78. The molecule has 4 rings (SSSR count). The van der Waals surface area contributed by atoms with Gasteiger partial charge in [-0.3, -0.25) is 9.52 Å². The Kier molecular flexibility index (Phi) is 3.15. The summed E-state index contributed by atoms with van der Waals surface area (Å²) in [5.41, 5.74) is 2.75. The van der Waals surface area contributed by atoms with Gasteiger partial charge in [-0.25, -0.2) is 8.42 Å². The van der Waals surface area contributed by atoms with E-state index in [-0.39, 0.29) is 16.6 Å². The van der Waals surface area contributed by atoms with E-state index in [1.807, 2.05) is 0 Å². The van der Waals surface area contributed by atoms with Crippen molar-refractivity contribution in [1.82, 2.24) is 5.16 Å². The number of amides is 1. The molecule has 0 bridgehead atoms. The van der Waals surface area contributed by atoms with Crippen molar-refractivity contribution in [2.75, 3.05) is 16.2 Å². The lowest BCUT2D eigenvalue weighted by Gasteiger charge is -2.35. The minimum atomic E-state index is -3.73. The molecule has 2 aliphatic heterocycles. The Hall–Kier alpha value is -2.35. The topological polar surface area (TPSA) is 92.5 Å². The lowest BCUT2D eigenvalue weighted by atomic mass is 9.92. The van der Waals surface area contributed by atoms with E-state index < -0.39 is 10.0 Å². The van der Waals surface area contributed by atoms with Gasteiger partial charge in [-0.15, -0.1) is 0 Å². The van der Waals surface area contributed by atoms with Crippen LogP contribution in [0.4, 0.5) is 11.5 Å². The molecule has 1 N–H and O–H groups in total. The first kappa shape index (κ1) is 14.3. The fourth-order valence-electron chi connectivity index (χ4n) is 3.24. The van der Waals surface area contributed by atoms with Crippen LogP contribution in [0.5, 0.6) is 0 Å². The third kappa shape index (κ3) is 2.39. The molecule has 0 radical (unpaired) electrons. The number of carbonyl (C=O) groups excluding carboxylic acids is 1. The smallest absolute Gasteiger partial charge is 0.263 e. The van der Waals surface area contributed by atoms with Gasteiger partial charge in [-0.1, -0.05) is 5.16 Å². The largest absolute Gasteiger partial charge is 0.363 e. The zero-order chi connectivity index (χ0) is 16.0. The molecule has 0 spiro atoms. The zero-order valence-electron chi connectivity index (χ0n) is 12.3. The molecular weight excluding hydrogens is 318 g/mol. The normalized spacial score (nSPS) is 17.0. The molecule has 0 saturated carbocycles. The summed E-state index contributed by atoms with van der Waals surface area (Å²) in [6.07, 6.45) is 3.92. The molecule has 2 aromatic rings. The van der Waals surface area contributed by atoms with Crippen LogP contribution in [0.2, 0.25) is 0 Å². The van der Waals surface area contributed by atoms with Crippen LogP contribution in [0.1, 0.15) is 24.0 Å². The summed E-state index contributed by atoms with van der Waals surface area (Å²) in [5, 5.41) is 3.57. The number of rotatable bonds is 3. The summed E-state index contributed by atoms with van der Waals surface area (Å²) in [6, 6.07) is 4.76. The predicted octanol–water partition coefficient (Wildman–Crippen LogP) is 1.70. The Bertz CT molecular complexity index is 857. The molecule has 0 aliphatic carbocycles. The van der Waals surface area contributed by atoms with Crippen molar-refractivity contribution in [2.45, 2.75) is 30.6 Å². The molecular formula is C15H15N3O4S. The van der Waals surface area contributed by atoms with Gasteiger partial charge in [-0.2, -0.15) is 0 Å². The zero-order valence-corrected chi connectivity index (χ0v) is 13.1. The Morgan fingerprint density at radius 3 is 2.70 bits per heavy atom. The van der Waals surface area contributed by atoms with Crippen LogP contribution in [0.3, 0.4) is 0 Å². The van der Waals surface area contributed by atoms with Gasteiger partial charge < -0.3 is 9.42 Å². The summed E-state index contributed by atoms with van der Waals surface area (Å²) in [5.74, 6) is 0.267. The summed E-state index contributed by atoms with van der Waals surface area (Å²) in [7, 11) is -3.73. The van der Waals surface area contributed by atoms with E-state index in [4.69, 9.17) is 0 Å². The quantitative estimate of drug-likeness (QED) is 0.923. The Morgan fingerprint density at radius 2 is 1.96 bits per heavy atom. The van der Waals surface area contributed by atoms with E-state index in [0.29, 0.717) is 19.4 Å². The van der Waals surface area contributed by atoms with Gasteiger partial charge in [-0.05, 0) is 42.5 Å². The van der Waals surface area contributed by atoms with Crippen molar-refractivity contribution < 1.29 is 17.7 Å². The van der Waals surface area contributed by atoms with Gasteiger partial charge in [0.25, 0.3) is 10.0 Å². The number of aromatic nitrogens is 1. The van der Waals surface area contributed by atoms with Crippen LogP contribution in [-0.4, -0.2) is 26.0 Å². The lowest BCUT2D eigenvalue weighted by Crippen LogP contribution is -2.39. The molecule has 23 heavy (non-hydrogen) atoms. The molecule has 3 heterocycles. The maximum Gasteiger partial charge on any atom is 0.263 e. The third-order valence-corrected chi connectivity index (χ3v) is 5.57. The van der Waals surface area contributed by atoms with Crippen molar-refractivity contribution >= 4 is 27.4 Å². The average molecular weight is 333 g/mol. The number of hydrogen-bond acceptors (Lipinski definition) is 5. The van der Waals surface area contributed by atoms with Crippen LogP contribution in [0, 0.1) is 0 Å². The molecule has 0 fully saturated rings. The van der Waals surface area contributed by atoms with Crippen LogP contribution < -0.4 is 9.62 Å². The monoisotopic (exact) mass is 333 g/mol. The second kappa shape index (κ2) is 5.09. The SMILES string of the molecule is O=C1CCc2cc(S(=O)(=O)Nc3ccon3)cc3c2N1CCC3. The molecule has 120 valence electrons. The molecule has 2 aliphatic rings. The molecule has 0 unspecified atom stereocenters. The van der Waals surface area contributed by atoms with E-state index >= 15 is 0 Å². The number of carbonyl (C=O) groups is 1. The summed E-state index contributed by atoms with van der Waals surface area (Å²) in [6.45, 7) is 0.710. The maximum absolute atomic E-state index is 12.5. The minimum Gasteiger partial charge on any atom is -0.363 e. The molecule has 7 nitrogen and oxygen atoms in total. The number of nitrogens with one attached hydrogen (secondary N) is 1. The van der Waals surface area contributed by atoms with Gasteiger partial charge in [0.1, 0.15) is 6.26 Å². The Morgan fingerprint density at radius 1 is 1.17 bits per heavy atom. The number of sulfonamides is 1. The molecule has 8 heteroatoms. The number of nitrogens with zero attached hydrogens (tertiary/aromatic N) is 2. The first-order chi connectivity index (χ1) is 11.0. The molecule has 1 amide bonds. The van der Waals surface area contributed by atoms with Crippen LogP contribution in [-0.2, 0) is 27.7 Å². The van der Waals surface area contributed by atoms with Crippen molar-refractivity contribution in [3.63, 3.8) is 0 Å². The average Bonchev–Trinajstić information content (AvgIpc) is 3.03. The highest BCUT2D eigenvalue weighted by Gasteiger charge is 2.31. The fourth-order valence-corrected chi connectivity index (χ4v) is 4.33. The van der Waals surface area contributed by atoms with E-state index in [1.54, 1.807) is 17.0 Å². The van der Waals surface area contributed by atoms with Crippen LogP contribution in [0.15, 0.2) is 33.9 Å². The van der Waals surface area contributed by atoms with E-state index in [2.05, 4.69) is 14.4 Å². The molecule has 0 saturated heterocycles. The van der Waals surface area contributed by atoms with Gasteiger partial charge in [0.15, 0.2) is 5.82 Å². The minimum absolute atomic E-state index is 0.120. The first-order valence-corrected chi connectivity index (χ1v) is 8.92. The van der Waals surface area contributed by atoms with Crippen LogP contribution >= 0.6 is 0 Å². The molecule has 1 aromatic heterocycles. The second-order valence-electron chi connectivity index (χ2n) is 5.73. The fraction of sp³-hybridized carbons (Fsp3) is 0.333.